The minimum Gasteiger partial charge on any atom is -0.461 e. The average molecular weight is 532 g/mol. The Kier molecular flexibility index (Phi) is 6.78. The van der Waals surface area contributed by atoms with E-state index >= 15 is 0 Å². The van der Waals surface area contributed by atoms with Gasteiger partial charge in [0.25, 0.3) is 11.8 Å². The summed E-state index contributed by atoms with van der Waals surface area (Å²) in [5, 5.41) is 2.97. The fourth-order valence-corrected chi connectivity index (χ4v) is 5.70. The molecule has 2 heterocycles. The number of benzene rings is 4. The summed E-state index contributed by atoms with van der Waals surface area (Å²) in [5.74, 6) is -0.621. The summed E-state index contributed by atoms with van der Waals surface area (Å²) in [6, 6.07) is 32.2. The molecular weight excluding hydrogens is 502 g/mol. The van der Waals surface area contributed by atoms with Crippen molar-refractivity contribution >= 4 is 34.8 Å². The van der Waals surface area contributed by atoms with Crippen molar-refractivity contribution in [3.05, 3.63) is 114 Å². The molecule has 1 saturated heterocycles. The zero-order valence-corrected chi connectivity index (χ0v) is 22.1. The minimum absolute atomic E-state index is 0.0615. The molecule has 0 radical (unpaired) electrons. The van der Waals surface area contributed by atoms with Crippen LogP contribution in [0.2, 0.25) is 0 Å². The molecule has 1 N–H and O–H groups in total. The second-order valence-electron chi connectivity index (χ2n) is 10.1. The van der Waals surface area contributed by atoms with Crippen LogP contribution in [0.15, 0.2) is 103 Å². The third-order valence-electron chi connectivity index (χ3n) is 7.48. The van der Waals surface area contributed by atoms with E-state index in [0.717, 1.165) is 22.5 Å². The van der Waals surface area contributed by atoms with Crippen molar-refractivity contribution in [2.24, 2.45) is 0 Å². The predicted octanol–water partition coefficient (Wildman–Crippen LogP) is 5.78. The lowest BCUT2D eigenvalue weighted by molar-refractivity contribution is -0.145. The summed E-state index contributed by atoms with van der Waals surface area (Å²) in [4.78, 5) is 42.5. The first-order chi connectivity index (χ1) is 19.5. The SMILES string of the molecule is CC(=O)O[C@H]1C[C@H]2CN(C(=O)c3ccc(NC(=O)c4ccccc4-c4ccccc4)cc3)c3ccccc3N2C1. The lowest BCUT2D eigenvalue weighted by atomic mass is 9.99. The van der Waals surface area contributed by atoms with Gasteiger partial charge in [0.15, 0.2) is 0 Å². The standard InChI is InChI=1S/C33H29N3O4/c1-22(37)40-27-19-26-20-36(31-14-8-7-13-30(31)35(26)21-27)33(39)24-15-17-25(18-16-24)34-32(38)29-12-6-5-11-28(29)23-9-3-2-4-10-23/h2-18,26-27H,19-21H2,1H3,(H,34,38)/t26-,27-/m0/s1. The van der Waals surface area contributed by atoms with Gasteiger partial charge < -0.3 is 19.9 Å². The third-order valence-corrected chi connectivity index (χ3v) is 7.48. The van der Waals surface area contributed by atoms with Gasteiger partial charge in [0.1, 0.15) is 6.10 Å². The molecule has 2 amide bonds. The van der Waals surface area contributed by atoms with E-state index in [9.17, 15) is 14.4 Å². The Morgan fingerprint density at radius 1 is 0.775 bits per heavy atom. The topological polar surface area (TPSA) is 79.0 Å². The van der Waals surface area contributed by atoms with Crippen LogP contribution in [0, 0.1) is 0 Å². The molecule has 4 aromatic carbocycles. The van der Waals surface area contributed by atoms with Crippen LogP contribution >= 0.6 is 0 Å². The van der Waals surface area contributed by atoms with Crippen LogP contribution in [0.25, 0.3) is 11.1 Å². The highest BCUT2D eigenvalue weighted by Crippen LogP contribution is 2.40. The van der Waals surface area contributed by atoms with Crippen molar-refractivity contribution in [1.82, 2.24) is 0 Å². The molecule has 4 aromatic rings. The van der Waals surface area contributed by atoms with Crippen LogP contribution in [0.4, 0.5) is 17.1 Å². The van der Waals surface area contributed by atoms with E-state index < -0.39 is 0 Å². The normalized spacial score (nSPS) is 17.5. The zero-order valence-electron chi connectivity index (χ0n) is 22.1. The molecule has 2 aliphatic rings. The number of para-hydroxylation sites is 2. The lowest BCUT2D eigenvalue weighted by Crippen LogP contribution is -2.48. The van der Waals surface area contributed by atoms with Crippen LogP contribution in [-0.4, -0.2) is 43.0 Å². The number of carbonyl (C=O) groups is 3. The fourth-order valence-electron chi connectivity index (χ4n) is 5.70. The van der Waals surface area contributed by atoms with Gasteiger partial charge in [-0.2, -0.15) is 0 Å². The summed E-state index contributed by atoms with van der Waals surface area (Å²) in [6.07, 6.45) is 0.480. The zero-order chi connectivity index (χ0) is 27.6. The van der Waals surface area contributed by atoms with Crippen molar-refractivity contribution < 1.29 is 19.1 Å². The van der Waals surface area contributed by atoms with Gasteiger partial charge in [0.2, 0.25) is 0 Å². The molecule has 7 heteroatoms. The van der Waals surface area contributed by atoms with E-state index in [4.69, 9.17) is 4.74 Å². The average Bonchev–Trinajstić information content (AvgIpc) is 3.39. The summed E-state index contributed by atoms with van der Waals surface area (Å²) in [6.45, 7) is 2.54. The second kappa shape index (κ2) is 10.7. The number of hydrogen-bond acceptors (Lipinski definition) is 5. The van der Waals surface area contributed by atoms with Crippen molar-refractivity contribution in [2.45, 2.75) is 25.5 Å². The van der Waals surface area contributed by atoms with Gasteiger partial charge in [-0.05, 0) is 53.6 Å². The second-order valence-corrected chi connectivity index (χ2v) is 10.1. The number of rotatable bonds is 5. The monoisotopic (exact) mass is 531 g/mol. The molecule has 0 aliphatic carbocycles. The molecule has 0 spiro atoms. The first kappa shape index (κ1) is 25.4. The third kappa shape index (κ3) is 4.94. The van der Waals surface area contributed by atoms with E-state index in [0.29, 0.717) is 36.3 Å². The number of ether oxygens (including phenoxy) is 1. The molecule has 6 rings (SSSR count). The number of esters is 1. The number of hydrogen-bond donors (Lipinski definition) is 1. The summed E-state index contributed by atoms with van der Waals surface area (Å²) >= 11 is 0. The maximum absolute atomic E-state index is 13.7. The molecule has 0 aromatic heterocycles. The molecule has 0 unspecified atom stereocenters. The van der Waals surface area contributed by atoms with Gasteiger partial charge in [-0.25, -0.2) is 0 Å². The van der Waals surface area contributed by atoms with Crippen molar-refractivity contribution in [1.29, 1.82) is 0 Å². The van der Waals surface area contributed by atoms with Gasteiger partial charge in [0.05, 0.1) is 24.0 Å². The number of nitrogens with zero attached hydrogens (tertiary/aromatic N) is 2. The molecule has 1 fully saturated rings. The van der Waals surface area contributed by atoms with Crippen LogP contribution < -0.4 is 15.1 Å². The van der Waals surface area contributed by atoms with Gasteiger partial charge >= 0.3 is 5.97 Å². The van der Waals surface area contributed by atoms with Crippen LogP contribution in [0.5, 0.6) is 0 Å². The molecule has 0 bridgehead atoms. The molecule has 2 aliphatic heterocycles. The Morgan fingerprint density at radius 3 is 2.20 bits per heavy atom. The highest BCUT2D eigenvalue weighted by Gasteiger charge is 2.41. The molecule has 0 saturated carbocycles. The van der Waals surface area contributed by atoms with Gasteiger partial charge in [0, 0.05) is 36.7 Å². The highest BCUT2D eigenvalue weighted by molar-refractivity contribution is 6.10. The largest absolute Gasteiger partial charge is 0.461 e. The number of amides is 2. The maximum atomic E-state index is 13.7. The Balaban J connectivity index is 1.19. The first-order valence-electron chi connectivity index (χ1n) is 13.4. The Bertz CT molecular complexity index is 1570. The summed E-state index contributed by atoms with van der Waals surface area (Å²) in [7, 11) is 0. The summed E-state index contributed by atoms with van der Waals surface area (Å²) < 4.78 is 5.49. The molecule has 40 heavy (non-hydrogen) atoms. The summed E-state index contributed by atoms with van der Waals surface area (Å²) in [5.41, 5.74) is 5.33. The van der Waals surface area contributed by atoms with Crippen LogP contribution in [0.1, 0.15) is 34.1 Å². The highest BCUT2D eigenvalue weighted by atomic mass is 16.5. The Hall–Kier alpha value is -4.91. The Morgan fingerprint density at radius 2 is 1.45 bits per heavy atom. The quantitative estimate of drug-likeness (QED) is 0.331. The van der Waals surface area contributed by atoms with E-state index in [-0.39, 0.29) is 29.9 Å². The van der Waals surface area contributed by atoms with Gasteiger partial charge in [-0.1, -0.05) is 60.7 Å². The van der Waals surface area contributed by atoms with E-state index in [1.807, 2.05) is 78.9 Å². The maximum Gasteiger partial charge on any atom is 0.302 e. The van der Waals surface area contributed by atoms with Gasteiger partial charge in [-0.15, -0.1) is 0 Å². The van der Waals surface area contributed by atoms with E-state index in [1.165, 1.54) is 6.92 Å². The van der Waals surface area contributed by atoms with Crippen molar-refractivity contribution in [3.63, 3.8) is 0 Å². The number of anilines is 3. The van der Waals surface area contributed by atoms with Crippen molar-refractivity contribution in [2.75, 3.05) is 28.2 Å². The smallest absolute Gasteiger partial charge is 0.302 e. The van der Waals surface area contributed by atoms with Crippen LogP contribution in [-0.2, 0) is 9.53 Å². The number of nitrogens with one attached hydrogen (secondary N) is 1. The lowest BCUT2D eigenvalue weighted by Gasteiger charge is -2.40. The van der Waals surface area contributed by atoms with E-state index in [1.54, 1.807) is 29.2 Å². The molecule has 7 nitrogen and oxygen atoms in total. The molecule has 200 valence electrons. The van der Waals surface area contributed by atoms with Gasteiger partial charge in [-0.3, -0.25) is 14.4 Å². The first-order valence-corrected chi connectivity index (χ1v) is 13.4. The number of carbonyl (C=O) groups excluding carboxylic acids is 3. The van der Waals surface area contributed by atoms with Crippen LogP contribution in [0.3, 0.4) is 0 Å². The fraction of sp³-hybridized carbons (Fsp3) is 0.182. The predicted molar refractivity (Wildman–Crippen MR) is 156 cm³/mol. The Labute approximate surface area is 233 Å². The molecule has 2 atom stereocenters. The van der Waals surface area contributed by atoms with Crippen molar-refractivity contribution in [3.8, 4) is 11.1 Å². The molecular formula is C33H29N3O4. The van der Waals surface area contributed by atoms with E-state index in [2.05, 4.69) is 10.2 Å². The minimum atomic E-state index is -0.290. The number of fused-ring (bicyclic) bond motifs is 3.